The summed E-state index contributed by atoms with van der Waals surface area (Å²) in [5, 5.41) is 1.98. The van der Waals surface area contributed by atoms with Gasteiger partial charge in [0.15, 0.2) is 17.5 Å². The Bertz CT molecular complexity index is 1340. The highest BCUT2D eigenvalue weighted by Gasteiger charge is 2.17. The summed E-state index contributed by atoms with van der Waals surface area (Å²) < 4.78 is 7.73. The van der Waals surface area contributed by atoms with Gasteiger partial charge in [-0.15, -0.1) is 11.3 Å². The summed E-state index contributed by atoms with van der Waals surface area (Å²) in [6, 6.07) is 17.7. The molecule has 0 fully saturated rings. The van der Waals surface area contributed by atoms with Crippen LogP contribution in [0.15, 0.2) is 80.5 Å². The summed E-state index contributed by atoms with van der Waals surface area (Å²) in [5.41, 5.74) is 3.23. The molecule has 4 aromatic rings. The molecular weight excluding hydrogens is 514 g/mol. The van der Waals surface area contributed by atoms with E-state index in [1.54, 1.807) is 53.9 Å². The number of amides is 1. The molecule has 0 spiro atoms. The number of Topliss-reactive ketones (excluding diaryl/α,β-unsaturated/α-hetero) is 1. The molecule has 10 heteroatoms. The normalized spacial score (nSPS) is 10.8. The zero-order valence-electron chi connectivity index (χ0n) is 16.5. The van der Waals surface area contributed by atoms with Crippen LogP contribution in [-0.4, -0.2) is 33.7 Å². The molecule has 1 amide bonds. The van der Waals surface area contributed by atoms with E-state index >= 15 is 0 Å². The maximum atomic E-state index is 13.0. The number of fused-ring (bicyclic) bond motifs is 1. The van der Waals surface area contributed by atoms with Crippen LogP contribution < -0.4 is 15.7 Å². The molecule has 0 atom stereocenters. The van der Waals surface area contributed by atoms with Crippen LogP contribution >= 0.6 is 39.0 Å². The molecule has 162 valence electrons. The Hall–Kier alpha value is -2.95. The predicted molar refractivity (Wildman–Crippen MR) is 129 cm³/mol. The third kappa shape index (κ3) is 5.09. The van der Waals surface area contributed by atoms with E-state index in [0.717, 1.165) is 16.4 Å². The second-order valence-corrected chi connectivity index (χ2v) is 9.21. The topological polar surface area (TPSA) is 90.3 Å². The van der Waals surface area contributed by atoms with E-state index in [0.29, 0.717) is 26.0 Å². The van der Waals surface area contributed by atoms with E-state index in [1.165, 1.54) is 11.3 Å². The van der Waals surface area contributed by atoms with Crippen molar-refractivity contribution in [2.75, 3.05) is 17.8 Å². The standard InChI is InChI=1S/C22H16BrN3O4S2/c23-15-8-4-5-9-18(15)30-12-19(28)25-26-21(29)20-16(10-11-31-20)24-22(26)32-13-17(27)14-6-2-1-3-7-14/h1-11H,12-13H2,(H,25,28). The zero-order valence-corrected chi connectivity index (χ0v) is 19.7. The quantitative estimate of drug-likeness (QED) is 0.207. The van der Waals surface area contributed by atoms with Crippen LogP contribution in [0.25, 0.3) is 10.2 Å². The molecule has 2 heterocycles. The predicted octanol–water partition coefficient (Wildman–Crippen LogP) is 4.34. The summed E-state index contributed by atoms with van der Waals surface area (Å²) in [7, 11) is 0. The Morgan fingerprint density at radius 2 is 1.84 bits per heavy atom. The molecule has 0 saturated heterocycles. The molecule has 0 aliphatic carbocycles. The van der Waals surface area contributed by atoms with Crippen molar-refractivity contribution in [3.8, 4) is 5.75 Å². The smallest absolute Gasteiger partial charge is 0.291 e. The molecule has 0 radical (unpaired) electrons. The van der Waals surface area contributed by atoms with Gasteiger partial charge in [-0.05, 0) is 39.5 Å². The number of nitrogens with zero attached hydrogens (tertiary/aromatic N) is 2. The lowest BCUT2D eigenvalue weighted by Crippen LogP contribution is -2.37. The number of rotatable bonds is 8. The van der Waals surface area contributed by atoms with E-state index in [9.17, 15) is 14.4 Å². The second-order valence-electron chi connectivity index (χ2n) is 6.50. The van der Waals surface area contributed by atoms with Gasteiger partial charge < -0.3 is 4.74 Å². The SMILES string of the molecule is O=C(COc1ccccc1Br)Nn1c(SCC(=O)c2ccccc2)nc2ccsc2c1=O. The molecule has 1 N–H and O–H groups in total. The van der Waals surface area contributed by atoms with Gasteiger partial charge in [-0.2, -0.15) is 4.68 Å². The number of carbonyl (C=O) groups is 2. The van der Waals surface area contributed by atoms with Crippen LogP contribution in [-0.2, 0) is 4.79 Å². The van der Waals surface area contributed by atoms with Crippen molar-refractivity contribution in [1.29, 1.82) is 0 Å². The highest BCUT2D eigenvalue weighted by molar-refractivity contribution is 9.10. The number of carbonyl (C=O) groups excluding carboxylic acids is 2. The van der Waals surface area contributed by atoms with Crippen LogP contribution in [0.2, 0.25) is 0 Å². The molecule has 0 unspecified atom stereocenters. The van der Waals surface area contributed by atoms with Gasteiger partial charge in [0.05, 0.1) is 15.7 Å². The number of hydrogen-bond acceptors (Lipinski definition) is 7. The maximum absolute atomic E-state index is 13.0. The summed E-state index contributed by atoms with van der Waals surface area (Å²) >= 11 is 5.68. The number of nitrogens with one attached hydrogen (secondary N) is 1. The summed E-state index contributed by atoms with van der Waals surface area (Å²) in [4.78, 5) is 42.4. The Balaban J connectivity index is 1.53. The number of aromatic nitrogens is 2. The van der Waals surface area contributed by atoms with Crippen molar-refractivity contribution in [3.63, 3.8) is 0 Å². The van der Waals surface area contributed by atoms with Crippen LogP contribution in [0.3, 0.4) is 0 Å². The van der Waals surface area contributed by atoms with Gasteiger partial charge in [-0.1, -0.05) is 54.2 Å². The summed E-state index contributed by atoms with van der Waals surface area (Å²) in [6.45, 7) is -0.301. The van der Waals surface area contributed by atoms with E-state index < -0.39 is 11.5 Å². The molecular formula is C22H16BrN3O4S2. The van der Waals surface area contributed by atoms with Gasteiger partial charge in [0, 0.05) is 5.56 Å². The number of benzene rings is 2. The van der Waals surface area contributed by atoms with Crippen LogP contribution in [0, 0.1) is 0 Å². The Kier molecular flexibility index (Phi) is 7.03. The minimum atomic E-state index is -0.531. The Labute approximate surface area is 199 Å². The number of thiophene rings is 1. The number of hydrogen-bond donors (Lipinski definition) is 1. The van der Waals surface area contributed by atoms with Gasteiger partial charge in [-0.3, -0.25) is 19.8 Å². The molecule has 7 nitrogen and oxygen atoms in total. The molecule has 4 rings (SSSR count). The highest BCUT2D eigenvalue weighted by atomic mass is 79.9. The maximum Gasteiger partial charge on any atom is 0.291 e. The zero-order chi connectivity index (χ0) is 22.5. The third-order valence-electron chi connectivity index (χ3n) is 4.31. The van der Waals surface area contributed by atoms with Crippen molar-refractivity contribution in [3.05, 3.63) is 86.4 Å². The fourth-order valence-corrected chi connectivity index (χ4v) is 4.79. The number of ether oxygens (including phenoxy) is 1. The van der Waals surface area contributed by atoms with Crippen LogP contribution in [0.4, 0.5) is 0 Å². The Morgan fingerprint density at radius 1 is 1.09 bits per heavy atom. The van der Waals surface area contributed by atoms with Crippen LogP contribution in [0.1, 0.15) is 10.4 Å². The minimum absolute atomic E-state index is 0.0649. The van der Waals surface area contributed by atoms with Gasteiger partial charge in [-0.25, -0.2) is 4.98 Å². The van der Waals surface area contributed by atoms with Crippen molar-refractivity contribution < 1.29 is 14.3 Å². The van der Waals surface area contributed by atoms with Gasteiger partial charge in [0.1, 0.15) is 10.4 Å². The van der Waals surface area contributed by atoms with Gasteiger partial charge >= 0.3 is 0 Å². The van der Waals surface area contributed by atoms with E-state index in [4.69, 9.17) is 4.74 Å². The fraction of sp³-hybridized carbons (Fsp3) is 0.0909. The number of thioether (sulfide) groups is 1. The van der Waals surface area contributed by atoms with E-state index in [-0.39, 0.29) is 23.3 Å². The summed E-state index contributed by atoms with van der Waals surface area (Å²) in [5.74, 6) is -0.0674. The minimum Gasteiger partial charge on any atom is -0.483 e. The molecule has 2 aromatic heterocycles. The molecule has 0 aliphatic heterocycles. The lowest BCUT2D eigenvalue weighted by molar-refractivity contribution is -0.119. The number of ketones is 1. The lowest BCUT2D eigenvalue weighted by Gasteiger charge is -2.13. The average molecular weight is 530 g/mol. The van der Waals surface area contributed by atoms with Gasteiger partial charge in [0.2, 0.25) is 0 Å². The van der Waals surface area contributed by atoms with Gasteiger partial charge in [0.25, 0.3) is 11.5 Å². The largest absolute Gasteiger partial charge is 0.483 e. The average Bonchev–Trinajstić information content (AvgIpc) is 3.28. The Morgan fingerprint density at radius 3 is 2.62 bits per heavy atom. The number of halogens is 1. The lowest BCUT2D eigenvalue weighted by atomic mass is 10.2. The van der Waals surface area contributed by atoms with Crippen molar-refractivity contribution in [1.82, 2.24) is 9.66 Å². The highest BCUT2D eigenvalue weighted by Crippen LogP contribution is 2.24. The first-order chi connectivity index (χ1) is 15.5. The van der Waals surface area contributed by atoms with Crippen LogP contribution in [0.5, 0.6) is 5.75 Å². The van der Waals surface area contributed by atoms with Crippen molar-refractivity contribution in [2.24, 2.45) is 0 Å². The molecule has 2 aromatic carbocycles. The first-order valence-electron chi connectivity index (χ1n) is 9.41. The first-order valence-corrected chi connectivity index (χ1v) is 12.1. The van der Waals surface area contributed by atoms with E-state index in [1.807, 2.05) is 12.1 Å². The molecule has 0 saturated carbocycles. The number of para-hydroxylation sites is 1. The third-order valence-corrected chi connectivity index (χ3v) is 6.79. The summed E-state index contributed by atoms with van der Waals surface area (Å²) in [6.07, 6.45) is 0. The fourth-order valence-electron chi connectivity index (χ4n) is 2.79. The monoisotopic (exact) mass is 529 g/mol. The van der Waals surface area contributed by atoms with E-state index in [2.05, 4.69) is 26.3 Å². The van der Waals surface area contributed by atoms with Crippen molar-refractivity contribution in [2.45, 2.75) is 5.16 Å². The first kappa shape index (κ1) is 22.3. The van der Waals surface area contributed by atoms with Crippen molar-refractivity contribution >= 4 is 60.9 Å². The molecule has 32 heavy (non-hydrogen) atoms. The molecule has 0 aliphatic rings. The molecule has 0 bridgehead atoms. The second kappa shape index (κ2) is 10.1.